The van der Waals surface area contributed by atoms with Crippen molar-refractivity contribution in [3.05, 3.63) is 24.3 Å². The highest BCUT2D eigenvalue weighted by Gasteiger charge is 2.20. The van der Waals surface area contributed by atoms with Crippen molar-refractivity contribution in [1.29, 1.82) is 0 Å². The Balaban J connectivity index is 3.46. The second-order valence-corrected chi connectivity index (χ2v) is 20.0. The summed E-state index contributed by atoms with van der Waals surface area (Å²) in [5.41, 5.74) is 0. The number of ether oxygens (including phenoxy) is 1. The maximum atomic E-state index is 12.5. The molecule has 0 radical (unpaired) electrons. The standard InChI is InChI=1S/C59H113NO5/c1-3-5-7-9-11-13-15-17-19-20-21-22-23-24-25-26-27-28-31-35-39-43-47-51-57(62)56(55-61)60-58(63)52-48-44-40-36-32-30-34-38-42-46-50-54-65-59(64)53-49-45-41-37-33-29-18-16-14-12-10-8-6-4-2/h10,12,16,18,56-57,61-62H,3-9,11,13-15,17,19-55H2,1-2H3,(H,60,63)/b12-10-,18-16-. The lowest BCUT2D eigenvalue weighted by Crippen LogP contribution is -2.45. The Labute approximate surface area is 405 Å². The number of carbonyl (C=O) groups is 2. The van der Waals surface area contributed by atoms with E-state index in [0.29, 0.717) is 25.9 Å². The van der Waals surface area contributed by atoms with Gasteiger partial charge in [0.2, 0.25) is 5.91 Å². The molecule has 0 fully saturated rings. The van der Waals surface area contributed by atoms with Crippen LogP contribution >= 0.6 is 0 Å². The molecule has 0 heterocycles. The van der Waals surface area contributed by atoms with Gasteiger partial charge in [0.25, 0.3) is 0 Å². The van der Waals surface area contributed by atoms with Gasteiger partial charge in [-0.3, -0.25) is 9.59 Å². The zero-order valence-corrected chi connectivity index (χ0v) is 43.7. The van der Waals surface area contributed by atoms with Crippen LogP contribution in [0, 0.1) is 0 Å². The van der Waals surface area contributed by atoms with Gasteiger partial charge in [-0.1, -0.05) is 276 Å². The molecule has 2 atom stereocenters. The van der Waals surface area contributed by atoms with Crippen molar-refractivity contribution in [2.75, 3.05) is 13.2 Å². The Hall–Kier alpha value is -1.66. The van der Waals surface area contributed by atoms with Gasteiger partial charge in [0.15, 0.2) is 0 Å². The van der Waals surface area contributed by atoms with Crippen LogP contribution in [0.15, 0.2) is 24.3 Å². The molecule has 0 spiro atoms. The molecule has 0 aromatic heterocycles. The molecule has 0 aromatic carbocycles. The van der Waals surface area contributed by atoms with Crippen molar-refractivity contribution in [3.8, 4) is 0 Å². The summed E-state index contributed by atoms with van der Waals surface area (Å²) in [4.78, 5) is 24.5. The Morgan fingerprint density at radius 3 is 1.22 bits per heavy atom. The number of carbonyl (C=O) groups excluding carboxylic acids is 2. The first-order valence-electron chi connectivity index (χ1n) is 29.1. The molecule has 3 N–H and O–H groups in total. The summed E-state index contributed by atoms with van der Waals surface area (Å²) < 4.78 is 5.45. The minimum Gasteiger partial charge on any atom is -0.466 e. The van der Waals surface area contributed by atoms with Crippen molar-refractivity contribution in [2.45, 2.75) is 328 Å². The van der Waals surface area contributed by atoms with Gasteiger partial charge in [-0.15, -0.1) is 0 Å². The van der Waals surface area contributed by atoms with Gasteiger partial charge >= 0.3 is 5.97 Å². The highest BCUT2D eigenvalue weighted by Crippen LogP contribution is 2.17. The fourth-order valence-corrected chi connectivity index (χ4v) is 9.01. The number of hydrogen-bond acceptors (Lipinski definition) is 5. The summed E-state index contributed by atoms with van der Waals surface area (Å²) in [7, 11) is 0. The largest absolute Gasteiger partial charge is 0.466 e. The van der Waals surface area contributed by atoms with E-state index in [-0.39, 0.29) is 18.5 Å². The van der Waals surface area contributed by atoms with Gasteiger partial charge < -0.3 is 20.3 Å². The molecule has 0 bridgehead atoms. The van der Waals surface area contributed by atoms with Crippen molar-refractivity contribution in [3.63, 3.8) is 0 Å². The Morgan fingerprint density at radius 1 is 0.431 bits per heavy atom. The Bertz CT molecular complexity index is 1010. The maximum absolute atomic E-state index is 12.5. The van der Waals surface area contributed by atoms with Crippen molar-refractivity contribution in [1.82, 2.24) is 5.32 Å². The van der Waals surface area contributed by atoms with Crippen molar-refractivity contribution in [2.24, 2.45) is 0 Å². The lowest BCUT2D eigenvalue weighted by molar-refractivity contribution is -0.143. The lowest BCUT2D eigenvalue weighted by atomic mass is 10.0. The van der Waals surface area contributed by atoms with Crippen LogP contribution in [0.5, 0.6) is 0 Å². The number of esters is 1. The summed E-state index contributed by atoms with van der Waals surface area (Å²) in [5.74, 6) is -0.0792. The number of aliphatic hydroxyl groups is 2. The van der Waals surface area contributed by atoms with Crippen molar-refractivity contribution < 1.29 is 24.5 Å². The summed E-state index contributed by atoms with van der Waals surface area (Å²) in [6, 6.07) is -0.557. The molecular weight excluding hydrogens is 803 g/mol. The van der Waals surface area contributed by atoms with E-state index in [1.165, 1.54) is 212 Å². The lowest BCUT2D eigenvalue weighted by Gasteiger charge is -2.22. The number of rotatable bonds is 54. The van der Waals surface area contributed by atoms with Crippen LogP contribution in [0.2, 0.25) is 0 Å². The van der Waals surface area contributed by atoms with E-state index >= 15 is 0 Å². The van der Waals surface area contributed by atoms with E-state index in [9.17, 15) is 19.8 Å². The first-order valence-corrected chi connectivity index (χ1v) is 29.1. The third-order valence-corrected chi connectivity index (χ3v) is 13.5. The first-order chi connectivity index (χ1) is 32.0. The van der Waals surface area contributed by atoms with Crippen LogP contribution in [0.1, 0.15) is 316 Å². The van der Waals surface area contributed by atoms with Crippen LogP contribution in [-0.4, -0.2) is 47.4 Å². The van der Waals surface area contributed by atoms with E-state index in [1.807, 2.05) is 0 Å². The SMILES string of the molecule is CCCC/C=C\C/C=C\CCCCCCCC(=O)OCCCCCCCCCCCCCC(=O)NC(CO)C(O)CCCCCCCCCCCCCCCCCCCCCCCCC. The molecular formula is C59H113NO5. The van der Waals surface area contributed by atoms with E-state index in [2.05, 4.69) is 43.5 Å². The average molecular weight is 917 g/mol. The topological polar surface area (TPSA) is 95.9 Å². The van der Waals surface area contributed by atoms with Crippen molar-refractivity contribution >= 4 is 11.9 Å². The molecule has 0 saturated heterocycles. The molecule has 0 saturated carbocycles. The third-order valence-electron chi connectivity index (χ3n) is 13.5. The minimum absolute atomic E-state index is 0.0273. The van der Waals surface area contributed by atoms with Gasteiger partial charge in [0.05, 0.1) is 25.4 Å². The van der Waals surface area contributed by atoms with E-state index in [0.717, 1.165) is 70.6 Å². The Morgan fingerprint density at radius 2 is 0.785 bits per heavy atom. The number of nitrogens with one attached hydrogen (secondary N) is 1. The Kier molecular flexibility index (Phi) is 53.5. The number of hydrogen-bond donors (Lipinski definition) is 3. The van der Waals surface area contributed by atoms with Gasteiger partial charge in [0.1, 0.15) is 0 Å². The third kappa shape index (κ3) is 51.6. The molecule has 65 heavy (non-hydrogen) atoms. The van der Waals surface area contributed by atoms with Gasteiger partial charge in [-0.05, 0) is 51.4 Å². The molecule has 2 unspecified atom stereocenters. The summed E-state index contributed by atoms with van der Waals surface area (Å²) in [6.07, 6.45) is 65.9. The predicted molar refractivity (Wildman–Crippen MR) is 283 cm³/mol. The fraction of sp³-hybridized carbons (Fsp3) is 0.898. The van der Waals surface area contributed by atoms with Crippen LogP contribution in [0.4, 0.5) is 0 Å². The number of unbranched alkanes of at least 4 members (excludes halogenated alkanes) is 39. The first kappa shape index (κ1) is 63.3. The number of allylic oxidation sites excluding steroid dienone is 4. The summed E-state index contributed by atoms with van der Waals surface area (Å²) >= 11 is 0. The van der Waals surface area contributed by atoms with Gasteiger partial charge in [0, 0.05) is 12.8 Å². The number of amides is 1. The minimum atomic E-state index is -0.678. The zero-order valence-electron chi connectivity index (χ0n) is 43.7. The smallest absolute Gasteiger partial charge is 0.305 e. The van der Waals surface area contributed by atoms with Crippen LogP contribution < -0.4 is 5.32 Å². The molecule has 0 aliphatic heterocycles. The highest BCUT2D eigenvalue weighted by molar-refractivity contribution is 5.76. The second kappa shape index (κ2) is 54.9. The molecule has 0 aliphatic rings. The summed E-state index contributed by atoms with van der Waals surface area (Å²) in [6.45, 7) is 4.88. The van der Waals surface area contributed by atoms with Crippen LogP contribution in [-0.2, 0) is 14.3 Å². The molecule has 0 rings (SSSR count). The monoisotopic (exact) mass is 916 g/mol. The fourth-order valence-electron chi connectivity index (χ4n) is 9.01. The van der Waals surface area contributed by atoms with Crippen LogP contribution in [0.3, 0.4) is 0 Å². The predicted octanol–water partition coefficient (Wildman–Crippen LogP) is 17.9. The van der Waals surface area contributed by atoms with E-state index in [4.69, 9.17) is 4.74 Å². The molecule has 6 heteroatoms. The maximum Gasteiger partial charge on any atom is 0.305 e. The zero-order chi connectivity index (χ0) is 47.2. The van der Waals surface area contributed by atoms with E-state index in [1.54, 1.807) is 0 Å². The highest BCUT2D eigenvalue weighted by atomic mass is 16.5. The average Bonchev–Trinajstić information content (AvgIpc) is 3.31. The van der Waals surface area contributed by atoms with Gasteiger partial charge in [-0.25, -0.2) is 0 Å². The summed E-state index contributed by atoms with van der Waals surface area (Å²) in [5, 5.41) is 23.3. The van der Waals surface area contributed by atoms with E-state index < -0.39 is 12.1 Å². The molecule has 0 aliphatic carbocycles. The molecule has 1 amide bonds. The van der Waals surface area contributed by atoms with Gasteiger partial charge in [-0.2, -0.15) is 0 Å². The quantitative estimate of drug-likeness (QED) is 0.0321. The second-order valence-electron chi connectivity index (χ2n) is 20.0. The molecule has 0 aromatic rings. The number of aliphatic hydroxyl groups excluding tert-OH is 2. The van der Waals surface area contributed by atoms with Crippen LogP contribution in [0.25, 0.3) is 0 Å². The molecule has 384 valence electrons. The normalized spacial score (nSPS) is 12.7. The molecule has 6 nitrogen and oxygen atoms in total.